The lowest BCUT2D eigenvalue weighted by atomic mass is 10.2. The van der Waals surface area contributed by atoms with Crippen molar-refractivity contribution in [1.29, 1.82) is 0 Å². The Morgan fingerprint density at radius 2 is 1.80 bits per heavy atom. The Morgan fingerprint density at radius 3 is 2.40 bits per heavy atom. The molecule has 2 heteroatoms. The Hall–Kier alpha value is -0.890. The van der Waals surface area contributed by atoms with Crippen molar-refractivity contribution in [3.63, 3.8) is 0 Å². The van der Waals surface area contributed by atoms with E-state index in [4.69, 9.17) is 0 Å². The molecule has 1 heterocycles. The third-order valence-corrected chi connectivity index (χ3v) is 2.74. The summed E-state index contributed by atoms with van der Waals surface area (Å²) < 4.78 is 1.34. The third kappa shape index (κ3) is 3.63. The van der Waals surface area contributed by atoms with Gasteiger partial charge in [0.15, 0.2) is 0 Å². The Bertz CT molecular complexity index is 365. The summed E-state index contributed by atoms with van der Waals surface area (Å²) in [5.41, 5.74) is 4.45. The molecule has 0 saturated heterocycles. The molecule has 0 aliphatic heterocycles. The number of hydrogen-bond donors (Lipinski definition) is 0. The van der Waals surface area contributed by atoms with Crippen LogP contribution in [0.5, 0.6) is 0 Å². The zero-order valence-corrected chi connectivity index (χ0v) is 11.2. The molecule has 0 radical (unpaired) electrons. The summed E-state index contributed by atoms with van der Waals surface area (Å²) in [6, 6.07) is 6.30. The second-order valence-corrected chi connectivity index (χ2v) is 3.33. The minimum absolute atomic E-state index is 1.10. The third-order valence-electron chi connectivity index (χ3n) is 1.82. The second kappa shape index (κ2) is 8.42. The largest absolute Gasteiger partial charge is 0.245 e. The zero-order chi connectivity index (χ0) is 11.7. The minimum atomic E-state index is 1.10. The number of rotatable bonds is 1. The van der Waals surface area contributed by atoms with E-state index in [2.05, 4.69) is 30.1 Å². The Balaban J connectivity index is 0.000000442. The second-order valence-electron chi connectivity index (χ2n) is 2.47. The smallest absolute Gasteiger partial charge is 0.0814 e. The highest BCUT2D eigenvalue weighted by atomic mass is 32.1. The fourth-order valence-corrected chi connectivity index (χ4v) is 2.10. The van der Waals surface area contributed by atoms with Gasteiger partial charge in [0.25, 0.3) is 0 Å². The van der Waals surface area contributed by atoms with Crippen LogP contribution in [0.2, 0.25) is 0 Å². The summed E-state index contributed by atoms with van der Waals surface area (Å²) in [5, 5.41) is 0. The summed E-state index contributed by atoms with van der Waals surface area (Å²) in [6.45, 7) is 10.2. The average Bonchev–Trinajstić information content (AvgIpc) is 2.82. The maximum atomic E-state index is 4.25. The molecule has 0 spiro atoms. The van der Waals surface area contributed by atoms with E-state index in [1.807, 2.05) is 33.2 Å². The van der Waals surface area contributed by atoms with E-state index in [1.165, 1.54) is 10.3 Å². The van der Waals surface area contributed by atoms with E-state index in [-0.39, 0.29) is 0 Å². The molecule has 15 heavy (non-hydrogen) atoms. The summed E-state index contributed by atoms with van der Waals surface area (Å²) in [6.07, 6.45) is 1.10. The number of aryl methyl sites for hydroxylation is 1. The van der Waals surface area contributed by atoms with Crippen molar-refractivity contribution in [2.24, 2.45) is 0 Å². The van der Waals surface area contributed by atoms with E-state index in [0.717, 1.165) is 11.9 Å². The molecule has 1 aromatic heterocycles. The van der Waals surface area contributed by atoms with Crippen LogP contribution in [0.4, 0.5) is 0 Å². The minimum Gasteiger partial charge on any atom is -0.245 e. The number of benzene rings is 1. The number of aromatic nitrogens is 1. The van der Waals surface area contributed by atoms with Gasteiger partial charge in [-0.3, -0.25) is 0 Å². The normalized spacial score (nSPS) is 8.60. The van der Waals surface area contributed by atoms with E-state index in [1.54, 1.807) is 11.3 Å². The first-order valence-electron chi connectivity index (χ1n) is 5.73. The number of thiazole rings is 1. The fraction of sp³-hybridized carbons (Fsp3) is 0.462. The van der Waals surface area contributed by atoms with Crippen molar-refractivity contribution in [3.05, 3.63) is 29.3 Å². The van der Waals surface area contributed by atoms with Gasteiger partial charge in [-0.05, 0) is 18.1 Å². The maximum Gasteiger partial charge on any atom is 0.0814 e. The van der Waals surface area contributed by atoms with Gasteiger partial charge < -0.3 is 0 Å². The molecular formula is C13H21NS. The standard InChI is InChI=1S/C9H9NS.2C2H6/c1-2-7-4-3-5-8-9(7)11-6-10-8;2*1-2/h3-6H,2H2,1H3;2*1-2H3. The highest BCUT2D eigenvalue weighted by Crippen LogP contribution is 2.21. The van der Waals surface area contributed by atoms with Crippen molar-refractivity contribution < 1.29 is 0 Å². The lowest BCUT2D eigenvalue weighted by Crippen LogP contribution is -1.78. The van der Waals surface area contributed by atoms with Gasteiger partial charge in [0.05, 0.1) is 15.7 Å². The van der Waals surface area contributed by atoms with Crippen molar-refractivity contribution in [1.82, 2.24) is 4.98 Å². The molecule has 1 aromatic carbocycles. The summed E-state index contributed by atoms with van der Waals surface area (Å²) in [5.74, 6) is 0. The summed E-state index contributed by atoms with van der Waals surface area (Å²) in [4.78, 5) is 4.25. The first kappa shape index (κ1) is 14.1. The molecule has 0 aliphatic carbocycles. The quantitative estimate of drug-likeness (QED) is 0.669. The van der Waals surface area contributed by atoms with Gasteiger partial charge in [-0.2, -0.15) is 0 Å². The van der Waals surface area contributed by atoms with Gasteiger partial charge in [-0.1, -0.05) is 46.8 Å². The molecule has 0 amide bonds. The number of nitrogens with zero attached hydrogens (tertiary/aromatic N) is 1. The Kier molecular flexibility index (Phi) is 7.92. The lowest BCUT2D eigenvalue weighted by molar-refractivity contribution is 1.16. The highest BCUT2D eigenvalue weighted by Gasteiger charge is 1.99. The summed E-state index contributed by atoms with van der Waals surface area (Å²) >= 11 is 1.73. The molecule has 2 rings (SSSR count). The number of hydrogen-bond acceptors (Lipinski definition) is 2. The van der Waals surface area contributed by atoms with Gasteiger partial charge in [-0.15, -0.1) is 11.3 Å². The van der Waals surface area contributed by atoms with Crippen LogP contribution < -0.4 is 0 Å². The number of fused-ring (bicyclic) bond motifs is 1. The van der Waals surface area contributed by atoms with Crippen LogP contribution in [0.25, 0.3) is 10.2 Å². The van der Waals surface area contributed by atoms with Crippen molar-refractivity contribution in [3.8, 4) is 0 Å². The van der Waals surface area contributed by atoms with Crippen LogP contribution in [-0.2, 0) is 6.42 Å². The van der Waals surface area contributed by atoms with E-state index in [0.29, 0.717) is 0 Å². The summed E-state index contributed by atoms with van der Waals surface area (Å²) in [7, 11) is 0. The van der Waals surface area contributed by atoms with Crippen LogP contribution in [-0.4, -0.2) is 4.98 Å². The van der Waals surface area contributed by atoms with Crippen LogP contribution >= 0.6 is 11.3 Å². The van der Waals surface area contributed by atoms with E-state index >= 15 is 0 Å². The highest BCUT2D eigenvalue weighted by molar-refractivity contribution is 7.16. The van der Waals surface area contributed by atoms with Gasteiger partial charge in [0.1, 0.15) is 0 Å². The molecular weight excluding hydrogens is 202 g/mol. The monoisotopic (exact) mass is 223 g/mol. The van der Waals surface area contributed by atoms with Crippen molar-refractivity contribution in [2.45, 2.75) is 41.0 Å². The molecule has 0 atom stereocenters. The Morgan fingerprint density at radius 1 is 1.13 bits per heavy atom. The predicted molar refractivity (Wildman–Crippen MR) is 71.7 cm³/mol. The topological polar surface area (TPSA) is 12.9 Å². The molecule has 0 N–H and O–H groups in total. The SMILES string of the molecule is CC.CC.CCc1cccc2ncsc12. The first-order valence-corrected chi connectivity index (χ1v) is 6.61. The first-order chi connectivity index (χ1) is 7.42. The van der Waals surface area contributed by atoms with Gasteiger partial charge in [0.2, 0.25) is 0 Å². The van der Waals surface area contributed by atoms with Gasteiger partial charge in [-0.25, -0.2) is 4.98 Å². The molecule has 0 bridgehead atoms. The van der Waals surface area contributed by atoms with Crippen molar-refractivity contribution >= 4 is 21.6 Å². The van der Waals surface area contributed by atoms with Crippen molar-refractivity contribution in [2.75, 3.05) is 0 Å². The predicted octanol–water partition coefficient (Wildman–Crippen LogP) is 4.91. The molecule has 0 fully saturated rings. The van der Waals surface area contributed by atoms with E-state index < -0.39 is 0 Å². The fourth-order valence-electron chi connectivity index (χ4n) is 1.22. The maximum absolute atomic E-state index is 4.25. The molecule has 0 unspecified atom stereocenters. The molecule has 2 aromatic rings. The van der Waals surface area contributed by atoms with E-state index in [9.17, 15) is 0 Å². The van der Waals surface area contributed by atoms with Crippen LogP contribution in [0.3, 0.4) is 0 Å². The van der Waals surface area contributed by atoms with Crippen LogP contribution in [0, 0.1) is 0 Å². The average molecular weight is 223 g/mol. The zero-order valence-electron chi connectivity index (χ0n) is 10.4. The molecule has 0 saturated carbocycles. The molecule has 1 nitrogen and oxygen atoms in total. The molecule has 84 valence electrons. The Labute approximate surface area is 97.2 Å². The lowest BCUT2D eigenvalue weighted by Gasteiger charge is -1.95. The van der Waals surface area contributed by atoms with Crippen LogP contribution in [0.1, 0.15) is 40.2 Å². The van der Waals surface area contributed by atoms with Gasteiger partial charge in [0, 0.05) is 0 Å². The molecule has 0 aliphatic rings. The van der Waals surface area contributed by atoms with Gasteiger partial charge >= 0.3 is 0 Å². The van der Waals surface area contributed by atoms with Crippen LogP contribution in [0.15, 0.2) is 23.7 Å².